The molecule has 2 atom stereocenters. The van der Waals surface area contributed by atoms with Crippen molar-refractivity contribution in [3.8, 4) is 11.5 Å². The Morgan fingerprint density at radius 3 is 1.56 bits per heavy atom. The van der Waals surface area contributed by atoms with E-state index in [1.54, 1.807) is 11.4 Å². The Morgan fingerprint density at radius 1 is 0.561 bits per heavy atom. The Balaban J connectivity index is 1.12. The van der Waals surface area contributed by atoms with Gasteiger partial charge < -0.3 is 10.2 Å². The molecule has 0 spiro atoms. The molecule has 4 aromatic carbocycles. The Labute approximate surface area is 247 Å². The molecule has 1 aliphatic rings. The Kier molecular flexibility index (Phi) is 9.84. The molecule has 1 aliphatic heterocycles. The number of hydrogen-bond acceptors (Lipinski definition) is 2. The fourth-order valence-electron chi connectivity index (χ4n) is 7.24. The van der Waals surface area contributed by atoms with Crippen LogP contribution in [-0.2, 0) is 6.42 Å². The van der Waals surface area contributed by atoms with E-state index in [0.29, 0.717) is 22.8 Å². The van der Waals surface area contributed by atoms with Gasteiger partial charge in [0.2, 0.25) is 0 Å². The molecule has 2 N–H and O–H groups in total. The maximum absolute atomic E-state index is 10.4. The Bertz CT molecular complexity index is 1340. The van der Waals surface area contributed by atoms with Gasteiger partial charge in [-0.3, -0.25) is 0 Å². The van der Waals surface area contributed by atoms with E-state index in [2.05, 4.69) is 91.0 Å². The van der Waals surface area contributed by atoms with Crippen molar-refractivity contribution in [1.82, 2.24) is 0 Å². The van der Waals surface area contributed by atoms with Crippen molar-refractivity contribution in [1.29, 1.82) is 0 Å². The monoisotopic (exact) mass is 566 g/mol. The summed E-state index contributed by atoms with van der Waals surface area (Å²) in [5, 5.41) is 22.1. The van der Waals surface area contributed by atoms with Gasteiger partial charge in [-0.2, -0.15) is 0 Å². The predicted molar refractivity (Wildman–Crippen MR) is 178 cm³/mol. The molecule has 5 rings (SSSR count). The van der Waals surface area contributed by atoms with Crippen LogP contribution in [0.2, 0.25) is 0 Å². The minimum absolute atomic E-state index is 0.295. The van der Waals surface area contributed by atoms with E-state index < -0.39 is 7.26 Å². The van der Waals surface area contributed by atoms with Gasteiger partial charge in [0.25, 0.3) is 0 Å². The standard InChI is InChI=1S/C38H47O2P/c1-29-30(2)36(40)33(28-35(29)39)24-12-7-5-3-4-6-8-19-27-41(34-25-17-11-18-26-34)37(31-20-13-9-14-21-31)38(41)32-22-15-10-16-23-32/h9-11,13-18,20-23,25-26,28,37-41H,3-8,12,19,24,27H2,1-2H3. The fraction of sp³-hybridized carbons (Fsp3) is 0.368. The van der Waals surface area contributed by atoms with Gasteiger partial charge in [-0.15, -0.1) is 0 Å². The van der Waals surface area contributed by atoms with Crippen molar-refractivity contribution in [2.24, 2.45) is 0 Å². The van der Waals surface area contributed by atoms with Crippen LogP contribution in [0.15, 0.2) is 97.1 Å². The van der Waals surface area contributed by atoms with Crippen molar-refractivity contribution in [3.05, 3.63) is 125 Å². The molecule has 0 radical (unpaired) electrons. The van der Waals surface area contributed by atoms with Crippen LogP contribution in [-0.4, -0.2) is 16.4 Å². The minimum Gasteiger partial charge on any atom is -0.507 e. The van der Waals surface area contributed by atoms with Gasteiger partial charge in [-0.1, -0.05) is 0 Å². The second-order valence-corrected chi connectivity index (χ2v) is 16.6. The second kappa shape index (κ2) is 13.7. The molecule has 1 fully saturated rings. The molecule has 2 unspecified atom stereocenters. The number of aromatic hydroxyl groups is 2. The summed E-state index contributed by atoms with van der Waals surface area (Å²) in [5.41, 5.74) is 6.83. The molecule has 216 valence electrons. The molecule has 4 aromatic rings. The van der Waals surface area contributed by atoms with E-state index >= 15 is 0 Å². The Morgan fingerprint density at radius 2 is 1.02 bits per heavy atom. The average Bonchev–Trinajstić information content (AvgIpc) is 3.70. The molecule has 0 bridgehead atoms. The summed E-state index contributed by atoms with van der Waals surface area (Å²) in [6.07, 6.45) is 12.2. The van der Waals surface area contributed by atoms with Crippen molar-refractivity contribution in [2.45, 2.75) is 83.0 Å². The third-order valence-corrected chi connectivity index (χ3v) is 15.4. The molecule has 0 aromatic heterocycles. The van der Waals surface area contributed by atoms with Crippen molar-refractivity contribution < 1.29 is 10.2 Å². The zero-order valence-electron chi connectivity index (χ0n) is 24.9. The van der Waals surface area contributed by atoms with Gasteiger partial charge in [0, 0.05) is 0 Å². The van der Waals surface area contributed by atoms with Crippen LogP contribution in [0.3, 0.4) is 0 Å². The van der Waals surface area contributed by atoms with Crippen LogP contribution in [0.5, 0.6) is 11.5 Å². The second-order valence-electron chi connectivity index (χ2n) is 12.2. The van der Waals surface area contributed by atoms with Gasteiger partial charge in [0.05, 0.1) is 0 Å². The molecule has 2 nitrogen and oxygen atoms in total. The average molecular weight is 567 g/mol. The zero-order valence-corrected chi connectivity index (χ0v) is 25.9. The van der Waals surface area contributed by atoms with Crippen LogP contribution in [0.4, 0.5) is 0 Å². The molecule has 1 heterocycles. The fourth-order valence-corrected chi connectivity index (χ4v) is 14.0. The van der Waals surface area contributed by atoms with E-state index in [1.807, 2.05) is 13.8 Å². The summed E-state index contributed by atoms with van der Waals surface area (Å²) in [6, 6.07) is 35.9. The first-order valence-electron chi connectivity index (χ1n) is 15.7. The smallest absolute Gasteiger partial charge is 0.507 e. The SMILES string of the molecule is Cc1c(O)cc(CCCCCCCCCC[PH]2(c3ccccc3)C(c3ccccc3)C2c2ccccc2)c(O)c1C. The molecule has 0 amide bonds. The summed E-state index contributed by atoms with van der Waals surface area (Å²) < 4.78 is 0. The molecular formula is C38H47O2P. The maximum atomic E-state index is 10.4. The quantitative estimate of drug-likeness (QED) is 0.0906. The van der Waals surface area contributed by atoms with Crippen LogP contribution in [0.25, 0.3) is 0 Å². The number of rotatable bonds is 14. The van der Waals surface area contributed by atoms with E-state index in [1.165, 1.54) is 62.2 Å². The van der Waals surface area contributed by atoms with Crippen molar-refractivity contribution >= 4 is 12.6 Å². The third kappa shape index (κ3) is 6.54. The van der Waals surface area contributed by atoms with E-state index in [4.69, 9.17) is 0 Å². The summed E-state index contributed by atoms with van der Waals surface area (Å²) in [6.45, 7) is 3.73. The molecule has 0 aliphatic carbocycles. The number of unbranched alkanes of at least 4 members (excludes halogenated alkanes) is 7. The number of aryl methyl sites for hydroxylation is 1. The first kappa shape index (κ1) is 29.4. The summed E-state index contributed by atoms with van der Waals surface area (Å²) in [4.78, 5) is 0. The summed E-state index contributed by atoms with van der Waals surface area (Å²) in [5.74, 6) is 0.653. The minimum atomic E-state index is -1.74. The first-order chi connectivity index (χ1) is 20.0. The molecular weight excluding hydrogens is 519 g/mol. The van der Waals surface area contributed by atoms with Gasteiger partial charge >= 0.3 is 207 Å². The van der Waals surface area contributed by atoms with Crippen LogP contribution >= 0.6 is 7.26 Å². The van der Waals surface area contributed by atoms with Gasteiger partial charge in [0.15, 0.2) is 0 Å². The summed E-state index contributed by atoms with van der Waals surface area (Å²) >= 11 is 0. The normalized spacial score (nSPS) is 18.2. The van der Waals surface area contributed by atoms with Crippen LogP contribution in [0, 0.1) is 13.8 Å². The Hall–Kier alpha value is -3.09. The predicted octanol–water partition coefficient (Wildman–Crippen LogP) is 9.95. The number of hydrogen-bond donors (Lipinski definition) is 2. The zero-order chi connectivity index (χ0) is 28.7. The van der Waals surface area contributed by atoms with Gasteiger partial charge in [-0.05, 0) is 25.0 Å². The summed E-state index contributed by atoms with van der Waals surface area (Å²) in [7, 11) is -1.74. The molecule has 0 saturated carbocycles. The van der Waals surface area contributed by atoms with Crippen molar-refractivity contribution in [3.63, 3.8) is 0 Å². The first-order valence-corrected chi connectivity index (χ1v) is 18.1. The number of phenols is 2. The van der Waals surface area contributed by atoms with Gasteiger partial charge in [0.1, 0.15) is 5.75 Å². The number of benzene rings is 4. The molecule has 41 heavy (non-hydrogen) atoms. The van der Waals surface area contributed by atoms with E-state index in [0.717, 1.165) is 29.5 Å². The van der Waals surface area contributed by atoms with Gasteiger partial charge in [-0.25, -0.2) is 0 Å². The van der Waals surface area contributed by atoms with E-state index in [-0.39, 0.29) is 0 Å². The third-order valence-electron chi connectivity index (χ3n) is 9.67. The van der Waals surface area contributed by atoms with E-state index in [9.17, 15) is 10.2 Å². The molecule has 3 heteroatoms. The molecule has 1 saturated heterocycles. The van der Waals surface area contributed by atoms with Crippen molar-refractivity contribution in [2.75, 3.05) is 6.16 Å². The van der Waals surface area contributed by atoms with Crippen LogP contribution in [0.1, 0.15) is 90.5 Å². The van der Waals surface area contributed by atoms with Crippen LogP contribution < -0.4 is 5.30 Å². The number of phenolic OH excluding ortho intramolecular Hbond substituents is 2. The topological polar surface area (TPSA) is 40.5 Å².